The molecular weight excluding hydrogens is 172 g/mol. The van der Waals surface area contributed by atoms with E-state index in [1.54, 1.807) is 0 Å². The molecule has 0 bridgehead atoms. The van der Waals surface area contributed by atoms with Crippen molar-refractivity contribution in [1.29, 1.82) is 0 Å². The first-order valence-electron chi connectivity index (χ1n) is 3.28. The van der Waals surface area contributed by atoms with Crippen LogP contribution in [0, 0.1) is 0 Å². The van der Waals surface area contributed by atoms with Crippen LogP contribution in [-0.4, -0.2) is 0 Å². The minimum atomic E-state index is -2.84. The molecule has 4 heteroatoms. The van der Waals surface area contributed by atoms with Gasteiger partial charge in [0.1, 0.15) is 0 Å². The molecule has 0 aromatic heterocycles. The van der Waals surface area contributed by atoms with Gasteiger partial charge in [-0.15, -0.1) is 0 Å². The molecule has 66 valence electrons. The molecule has 0 spiro atoms. The summed E-state index contributed by atoms with van der Waals surface area (Å²) in [5, 5.41) is 0. The van der Waals surface area contributed by atoms with Gasteiger partial charge in [0.05, 0.1) is 0 Å². The second kappa shape index (κ2) is 3.56. The van der Waals surface area contributed by atoms with E-state index in [4.69, 9.17) is 0 Å². The van der Waals surface area contributed by atoms with Gasteiger partial charge < -0.3 is 0 Å². The zero-order valence-electron chi connectivity index (χ0n) is 5.98. The van der Waals surface area contributed by atoms with Crippen LogP contribution in [-0.2, 0) is 0 Å². The van der Waals surface area contributed by atoms with Gasteiger partial charge in [-0.05, 0) is 0 Å². The number of hydrogen-bond donors (Lipinski definition) is 0. The Balaban J connectivity index is 3.09. The molecule has 0 atom stereocenters. The van der Waals surface area contributed by atoms with E-state index in [1.807, 2.05) is 0 Å². The smallest absolute Gasteiger partial charge is 0.205 e. The monoisotopic (exact) mass is 178 g/mol. The van der Waals surface area contributed by atoms with Crippen LogP contribution in [0.3, 0.4) is 0 Å². The van der Waals surface area contributed by atoms with Crippen LogP contribution in [0.5, 0.6) is 0 Å². The summed E-state index contributed by atoms with van der Waals surface area (Å²) < 4.78 is 48.2. The molecule has 0 aliphatic carbocycles. The average Bonchev–Trinajstić information content (AvgIpc) is 2.04. The Labute approximate surface area is 66.8 Å². The summed E-state index contributed by atoms with van der Waals surface area (Å²) >= 11 is 0. The van der Waals surface area contributed by atoms with Gasteiger partial charge in [-0.25, -0.2) is 17.6 Å². The van der Waals surface area contributed by atoms with Crippen LogP contribution < -0.4 is 0 Å². The largest absolute Gasteiger partial charge is 0.264 e. The van der Waals surface area contributed by atoms with Gasteiger partial charge in [0.15, 0.2) is 0 Å². The fourth-order valence-electron chi connectivity index (χ4n) is 0.908. The fraction of sp³-hybridized carbons (Fsp3) is 0.250. The zero-order chi connectivity index (χ0) is 9.14. The Kier molecular flexibility index (Phi) is 2.68. The van der Waals surface area contributed by atoms with Crippen molar-refractivity contribution in [2.24, 2.45) is 0 Å². The number of halogens is 4. The van der Waals surface area contributed by atoms with E-state index in [1.165, 1.54) is 12.1 Å². The molecule has 0 radical (unpaired) electrons. The van der Waals surface area contributed by atoms with Crippen LogP contribution in [0.2, 0.25) is 0 Å². The Morgan fingerprint density at radius 3 is 1.33 bits per heavy atom. The summed E-state index contributed by atoms with van der Waals surface area (Å²) in [6.07, 6.45) is -5.68. The average molecular weight is 178 g/mol. The molecule has 0 aliphatic heterocycles. The standard InChI is InChI=1S/C8H6F4/c9-7(10)5-3-1-2-4-6(5)8(11)12/h1-4,7-8H. The lowest BCUT2D eigenvalue weighted by molar-refractivity contribution is 0.124. The molecule has 0 aliphatic rings. The van der Waals surface area contributed by atoms with Gasteiger partial charge in [-0.2, -0.15) is 0 Å². The van der Waals surface area contributed by atoms with Crippen LogP contribution in [0.25, 0.3) is 0 Å². The third-order valence-electron chi connectivity index (χ3n) is 1.47. The van der Waals surface area contributed by atoms with Crippen molar-refractivity contribution in [3.8, 4) is 0 Å². The first-order valence-corrected chi connectivity index (χ1v) is 3.28. The van der Waals surface area contributed by atoms with Crippen molar-refractivity contribution in [3.63, 3.8) is 0 Å². The van der Waals surface area contributed by atoms with Crippen LogP contribution >= 0.6 is 0 Å². The maximum Gasteiger partial charge on any atom is 0.264 e. The third kappa shape index (κ3) is 1.75. The molecule has 0 unspecified atom stereocenters. The van der Waals surface area contributed by atoms with E-state index in [0.717, 1.165) is 12.1 Å². The fourth-order valence-corrected chi connectivity index (χ4v) is 0.908. The maximum atomic E-state index is 12.1. The van der Waals surface area contributed by atoms with Crippen molar-refractivity contribution in [3.05, 3.63) is 35.4 Å². The SMILES string of the molecule is FC(F)c1ccccc1C(F)F. The summed E-state index contributed by atoms with van der Waals surface area (Å²) in [7, 11) is 0. The van der Waals surface area contributed by atoms with E-state index in [9.17, 15) is 17.6 Å². The summed E-state index contributed by atoms with van der Waals surface area (Å²) in [6, 6.07) is 4.64. The molecule has 0 fully saturated rings. The van der Waals surface area contributed by atoms with E-state index < -0.39 is 24.0 Å². The number of hydrogen-bond acceptors (Lipinski definition) is 0. The summed E-state index contributed by atoms with van der Waals surface area (Å²) in [4.78, 5) is 0. The molecule has 0 saturated carbocycles. The van der Waals surface area contributed by atoms with Crippen LogP contribution in [0.1, 0.15) is 24.0 Å². The van der Waals surface area contributed by atoms with Crippen LogP contribution in [0.15, 0.2) is 24.3 Å². The molecule has 0 N–H and O–H groups in total. The highest BCUT2D eigenvalue weighted by molar-refractivity contribution is 5.28. The molecule has 1 aromatic rings. The predicted molar refractivity (Wildman–Crippen MR) is 36.4 cm³/mol. The third-order valence-corrected chi connectivity index (χ3v) is 1.47. The summed E-state index contributed by atoms with van der Waals surface area (Å²) in [5.41, 5.74) is -1.18. The Morgan fingerprint density at radius 2 is 1.08 bits per heavy atom. The Bertz CT molecular complexity index is 230. The highest BCUT2D eigenvalue weighted by Crippen LogP contribution is 2.29. The maximum absolute atomic E-state index is 12.1. The van der Waals surface area contributed by atoms with Gasteiger partial charge >= 0.3 is 0 Å². The normalized spacial score (nSPS) is 11.2. The van der Waals surface area contributed by atoms with Crippen molar-refractivity contribution in [2.75, 3.05) is 0 Å². The lowest BCUT2D eigenvalue weighted by Crippen LogP contribution is -1.93. The highest BCUT2D eigenvalue weighted by atomic mass is 19.3. The molecule has 1 aromatic carbocycles. The predicted octanol–water partition coefficient (Wildman–Crippen LogP) is 3.56. The van der Waals surface area contributed by atoms with Crippen molar-refractivity contribution < 1.29 is 17.6 Å². The molecule has 0 saturated heterocycles. The highest BCUT2D eigenvalue weighted by Gasteiger charge is 2.17. The second-order valence-electron chi connectivity index (χ2n) is 2.23. The van der Waals surface area contributed by atoms with E-state index >= 15 is 0 Å². The van der Waals surface area contributed by atoms with Gasteiger partial charge in [0, 0.05) is 11.1 Å². The van der Waals surface area contributed by atoms with E-state index in [0.29, 0.717) is 0 Å². The summed E-state index contributed by atoms with van der Waals surface area (Å²) in [6.45, 7) is 0. The van der Waals surface area contributed by atoms with Gasteiger partial charge in [-0.1, -0.05) is 24.3 Å². The van der Waals surface area contributed by atoms with E-state index in [-0.39, 0.29) is 0 Å². The molecule has 0 amide bonds. The number of benzene rings is 1. The Hall–Kier alpha value is -1.06. The molecule has 0 heterocycles. The van der Waals surface area contributed by atoms with Crippen molar-refractivity contribution in [1.82, 2.24) is 0 Å². The summed E-state index contributed by atoms with van der Waals surface area (Å²) in [5.74, 6) is 0. The van der Waals surface area contributed by atoms with Crippen LogP contribution in [0.4, 0.5) is 17.6 Å². The molecule has 0 nitrogen and oxygen atoms in total. The lowest BCUT2D eigenvalue weighted by atomic mass is 10.1. The topological polar surface area (TPSA) is 0 Å². The number of alkyl halides is 4. The minimum absolute atomic E-state index is 0.590. The van der Waals surface area contributed by atoms with E-state index in [2.05, 4.69) is 0 Å². The first-order chi connectivity index (χ1) is 5.63. The van der Waals surface area contributed by atoms with Gasteiger partial charge in [0.25, 0.3) is 12.9 Å². The van der Waals surface area contributed by atoms with Crippen molar-refractivity contribution >= 4 is 0 Å². The quantitative estimate of drug-likeness (QED) is 0.607. The lowest BCUT2D eigenvalue weighted by Gasteiger charge is -2.06. The number of rotatable bonds is 2. The van der Waals surface area contributed by atoms with Gasteiger partial charge in [-0.3, -0.25) is 0 Å². The zero-order valence-corrected chi connectivity index (χ0v) is 5.98. The first kappa shape index (κ1) is 9.03. The van der Waals surface area contributed by atoms with Gasteiger partial charge in [0.2, 0.25) is 0 Å². The molecular formula is C8H6F4. The minimum Gasteiger partial charge on any atom is -0.205 e. The second-order valence-corrected chi connectivity index (χ2v) is 2.23. The molecule has 1 rings (SSSR count). The molecule has 12 heavy (non-hydrogen) atoms. The Morgan fingerprint density at radius 1 is 0.750 bits per heavy atom. The van der Waals surface area contributed by atoms with Crippen molar-refractivity contribution in [2.45, 2.75) is 12.9 Å².